The van der Waals surface area contributed by atoms with Crippen LogP contribution in [0.15, 0.2) is 24.3 Å². The lowest BCUT2D eigenvalue weighted by Crippen LogP contribution is -2.08. The summed E-state index contributed by atoms with van der Waals surface area (Å²) in [6.07, 6.45) is 0.761. The second kappa shape index (κ2) is 6.67. The van der Waals surface area contributed by atoms with Crippen LogP contribution in [-0.2, 0) is 0 Å². The maximum absolute atomic E-state index is 13.7. The van der Waals surface area contributed by atoms with E-state index in [1.807, 2.05) is 6.92 Å². The van der Waals surface area contributed by atoms with Crippen molar-refractivity contribution in [1.82, 2.24) is 4.98 Å². The zero-order valence-electron chi connectivity index (χ0n) is 11.2. The highest BCUT2D eigenvalue weighted by Crippen LogP contribution is 2.28. The highest BCUT2D eigenvalue weighted by Gasteiger charge is 2.13. The van der Waals surface area contributed by atoms with Crippen molar-refractivity contribution in [3.63, 3.8) is 0 Å². The van der Waals surface area contributed by atoms with Crippen LogP contribution in [-0.4, -0.2) is 11.5 Å². The molecule has 0 unspecified atom stereocenters. The van der Waals surface area contributed by atoms with E-state index in [1.54, 1.807) is 0 Å². The Morgan fingerprint density at radius 2 is 1.81 bits per heavy atom. The van der Waals surface area contributed by atoms with Crippen molar-refractivity contribution in [1.29, 1.82) is 0 Å². The first kappa shape index (κ1) is 15.4. The first-order chi connectivity index (χ1) is 10.0. The van der Waals surface area contributed by atoms with Crippen LogP contribution in [0.25, 0.3) is 0 Å². The molecule has 21 heavy (non-hydrogen) atoms. The quantitative estimate of drug-likeness (QED) is 0.838. The van der Waals surface area contributed by atoms with Crippen molar-refractivity contribution in [3.8, 4) is 0 Å². The summed E-state index contributed by atoms with van der Waals surface area (Å²) in [6, 6.07) is 4.32. The number of benzene rings is 1. The Kier molecular flexibility index (Phi) is 4.90. The smallest absolute Gasteiger partial charge is 0.169 e. The van der Waals surface area contributed by atoms with Crippen LogP contribution in [0.5, 0.6) is 0 Å². The van der Waals surface area contributed by atoms with E-state index in [2.05, 4.69) is 15.6 Å². The second-order valence-corrected chi connectivity index (χ2v) is 4.73. The molecule has 0 atom stereocenters. The molecule has 0 spiro atoms. The zero-order valence-corrected chi connectivity index (χ0v) is 11.9. The Hall–Kier alpha value is -1.95. The number of rotatable bonds is 5. The van der Waals surface area contributed by atoms with Crippen molar-refractivity contribution in [2.45, 2.75) is 13.3 Å². The fourth-order valence-corrected chi connectivity index (χ4v) is 1.81. The van der Waals surface area contributed by atoms with Gasteiger partial charge < -0.3 is 10.6 Å². The van der Waals surface area contributed by atoms with E-state index in [4.69, 9.17) is 11.6 Å². The molecule has 0 radical (unpaired) electrons. The second-order valence-electron chi connectivity index (χ2n) is 4.33. The molecule has 1 heterocycles. The van der Waals surface area contributed by atoms with Crippen molar-refractivity contribution >= 4 is 28.9 Å². The first-order valence-electron chi connectivity index (χ1n) is 6.33. The summed E-state index contributed by atoms with van der Waals surface area (Å²) in [5.41, 5.74) is 0.149. The van der Waals surface area contributed by atoms with Gasteiger partial charge in [0.2, 0.25) is 0 Å². The SMILES string of the molecule is CCCNc1nc(Nc2cc(F)ccc2Cl)c(F)cc1F. The van der Waals surface area contributed by atoms with Crippen molar-refractivity contribution in [2.24, 2.45) is 0 Å². The van der Waals surface area contributed by atoms with E-state index in [0.29, 0.717) is 12.6 Å². The van der Waals surface area contributed by atoms with Crippen molar-refractivity contribution in [2.75, 3.05) is 17.2 Å². The minimum atomic E-state index is -0.894. The van der Waals surface area contributed by atoms with Gasteiger partial charge in [0.05, 0.1) is 10.7 Å². The number of aromatic nitrogens is 1. The van der Waals surface area contributed by atoms with Gasteiger partial charge in [-0.15, -0.1) is 0 Å². The first-order valence-corrected chi connectivity index (χ1v) is 6.71. The number of nitrogens with one attached hydrogen (secondary N) is 2. The van der Waals surface area contributed by atoms with Crippen LogP contribution in [0.2, 0.25) is 5.02 Å². The maximum atomic E-state index is 13.7. The zero-order chi connectivity index (χ0) is 15.4. The van der Waals surface area contributed by atoms with Gasteiger partial charge in [-0.1, -0.05) is 18.5 Å². The minimum absolute atomic E-state index is 0.0757. The number of halogens is 4. The molecule has 3 nitrogen and oxygen atoms in total. The summed E-state index contributed by atoms with van der Waals surface area (Å²) >= 11 is 5.88. The van der Waals surface area contributed by atoms with E-state index in [1.165, 1.54) is 12.1 Å². The molecule has 2 N–H and O–H groups in total. The summed E-state index contributed by atoms with van der Waals surface area (Å²) < 4.78 is 40.5. The van der Waals surface area contributed by atoms with E-state index in [-0.39, 0.29) is 22.3 Å². The fraction of sp³-hybridized carbons (Fsp3) is 0.214. The van der Waals surface area contributed by atoms with Gasteiger partial charge in [-0.3, -0.25) is 0 Å². The maximum Gasteiger partial charge on any atom is 0.169 e. The molecule has 2 aromatic rings. The predicted octanol–water partition coefficient (Wildman–Crippen LogP) is 4.72. The highest BCUT2D eigenvalue weighted by atomic mass is 35.5. The number of hydrogen-bond acceptors (Lipinski definition) is 3. The van der Waals surface area contributed by atoms with E-state index < -0.39 is 17.5 Å². The van der Waals surface area contributed by atoms with Crippen LogP contribution in [0, 0.1) is 17.5 Å². The van der Waals surface area contributed by atoms with Crippen molar-refractivity contribution < 1.29 is 13.2 Å². The predicted molar refractivity (Wildman–Crippen MR) is 77.6 cm³/mol. The van der Waals surface area contributed by atoms with E-state index in [9.17, 15) is 13.2 Å². The summed E-state index contributed by atoms with van der Waals surface area (Å²) in [4.78, 5) is 3.82. The Bertz CT molecular complexity index is 650. The molecule has 0 saturated heterocycles. The van der Waals surface area contributed by atoms with Gasteiger partial charge in [-0.05, 0) is 24.6 Å². The highest BCUT2D eigenvalue weighted by molar-refractivity contribution is 6.33. The van der Waals surface area contributed by atoms with Crippen LogP contribution in [0.3, 0.4) is 0 Å². The van der Waals surface area contributed by atoms with Gasteiger partial charge >= 0.3 is 0 Å². The molecule has 0 aliphatic rings. The normalized spacial score (nSPS) is 10.5. The summed E-state index contributed by atoms with van der Waals surface area (Å²) in [6.45, 7) is 2.40. The molecule has 0 amide bonds. The Balaban J connectivity index is 2.32. The summed E-state index contributed by atoms with van der Waals surface area (Å²) in [5.74, 6) is -2.53. The molecule has 0 bridgehead atoms. The van der Waals surface area contributed by atoms with E-state index in [0.717, 1.165) is 12.5 Å². The molecule has 0 fully saturated rings. The Morgan fingerprint density at radius 1 is 1.10 bits per heavy atom. The monoisotopic (exact) mass is 315 g/mol. The van der Waals surface area contributed by atoms with E-state index >= 15 is 0 Å². The lowest BCUT2D eigenvalue weighted by atomic mass is 10.3. The van der Waals surface area contributed by atoms with Gasteiger partial charge in [0.25, 0.3) is 0 Å². The van der Waals surface area contributed by atoms with Gasteiger partial charge in [0, 0.05) is 12.6 Å². The third-order valence-electron chi connectivity index (χ3n) is 2.65. The van der Waals surface area contributed by atoms with Crippen LogP contribution >= 0.6 is 11.6 Å². The molecule has 2 rings (SSSR count). The minimum Gasteiger partial charge on any atom is -0.368 e. The average molecular weight is 316 g/mol. The molecule has 1 aromatic heterocycles. The number of anilines is 3. The molecular weight excluding hydrogens is 303 g/mol. The number of pyridine rings is 1. The van der Waals surface area contributed by atoms with Crippen molar-refractivity contribution in [3.05, 3.63) is 46.7 Å². The molecule has 0 aliphatic carbocycles. The fourth-order valence-electron chi connectivity index (χ4n) is 1.64. The van der Waals surface area contributed by atoms with Crippen LogP contribution in [0.4, 0.5) is 30.5 Å². The van der Waals surface area contributed by atoms with Gasteiger partial charge in [-0.25, -0.2) is 18.2 Å². The average Bonchev–Trinajstić information content (AvgIpc) is 2.44. The number of hydrogen-bond donors (Lipinski definition) is 2. The summed E-state index contributed by atoms with van der Waals surface area (Å²) in [7, 11) is 0. The molecule has 7 heteroatoms. The molecular formula is C14H13ClF3N3. The van der Waals surface area contributed by atoms with Gasteiger partial charge in [-0.2, -0.15) is 0 Å². The third kappa shape index (κ3) is 3.78. The molecule has 112 valence electrons. The Labute approximate surface area is 125 Å². The largest absolute Gasteiger partial charge is 0.368 e. The van der Waals surface area contributed by atoms with Gasteiger partial charge in [0.1, 0.15) is 5.82 Å². The molecule has 0 saturated carbocycles. The molecule has 0 aliphatic heterocycles. The Morgan fingerprint density at radius 3 is 2.52 bits per heavy atom. The van der Waals surface area contributed by atoms with Crippen LogP contribution in [0.1, 0.15) is 13.3 Å². The lowest BCUT2D eigenvalue weighted by Gasteiger charge is -2.12. The van der Waals surface area contributed by atoms with Crippen LogP contribution < -0.4 is 10.6 Å². The summed E-state index contributed by atoms with van der Waals surface area (Å²) in [5, 5.41) is 5.50. The number of nitrogens with zero attached hydrogens (tertiary/aromatic N) is 1. The molecule has 1 aromatic carbocycles. The third-order valence-corrected chi connectivity index (χ3v) is 2.98. The standard InChI is InChI=1S/C14H13ClF3N3/c1-2-5-19-13-10(17)7-11(18)14(21-13)20-12-6-8(16)3-4-9(12)15/h3-4,6-7H,2,5H2,1H3,(H2,19,20,21). The topological polar surface area (TPSA) is 37.0 Å². The lowest BCUT2D eigenvalue weighted by molar-refractivity contribution is 0.579. The van der Waals surface area contributed by atoms with Gasteiger partial charge in [0.15, 0.2) is 23.3 Å².